The third kappa shape index (κ3) is 2.68. The van der Waals surface area contributed by atoms with Crippen LogP contribution in [0.5, 0.6) is 0 Å². The van der Waals surface area contributed by atoms with Gasteiger partial charge in [0.05, 0.1) is 15.9 Å². The van der Waals surface area contributed by atoms with Crippen molar-refractivity contribution in [2.75, 3.05) is 13.1 Å². The molecule has 4 nitrogen and oxygen atoms in total. The summed E-state index contributed by atoms with van der Waals surface area (Å²) in [5.74, 6) is 0. The van der Waals surface area contributed by atoms with Crippen molar-refractivity contribution in [1.29, 1.82) is 0 Å². The average Bonchev–Trinajstić information content (AvgIpc) is 3.00. The lowest BCUT2D eigenvalue weighted by atomic mass is 9.99. The van der Waals surface area contributed by atoms with Crippen molar-refractivity contribution < 1.29 is 0 Å². The van der Waals surface area contributed by atoms with Gasteiger partial charge in [-0.05, 0) is 55.6 Å². The Hall–Kier alpha value is -0.390. The van der Waals surface area contributed by atoms with Crippen LogP contribution < -0.4 is 5.32 Å². The van der Waals surface area contributed by atoms with Crippen molar-refractivity contribution in [3.63, 3.8) is 0 Å². The van der Waals surface area contributed by atoms with Crippen LogP contribution in [-0.4, -0.2) is 39.9 Å². The first-order valence-corrected chi connectivity index (χ1v) is 8.69. The number of nitrogens with one attached hydrogen (secondary N) is 1. The summed E-state index contributed by atoms with van der Waals surface area (Å²) in [5.41, 5.74) is 2.38. The van der Waals surface area contributed by atoms with Gasteiger partial charge in [0.25, 0.3) is 0 Å². The van der Waals surface area contributed by atoms with Crippen molar-refractivity contribution in [2.24, 2.45) is 0 Å². The molecule has 1 aromatic rings. The maximum absolute atomic E-state index is 4.57. The fraction of sp³-hybridized carbons (Fsp3) is 0.800. The topological polar surface area (TPSA) is 33.1 Å². The zero-order valence-electron chi connectivity index (χ0n) is 12.5. The molecular weight excluding hydrogens is 316 g/mol. The van der Waals surface area contributed by atoms with E-state index in [1.54, 1.807) is 0 Å². The molecule has 2 fully saturated rings. The first-order valence-electron chi connectivity index (χ1n) is 7.90. The molecule has 0 bridgehead atoms. The standard InChI is InChI=1S/C15H25BrN4/c1-3-20-14(15(16)11(2)18-20)10-17-12-7-9-19-8-5-4-6-13(12)19/h12-13,17H,3-10H2,1-2H3. The lowest BCUT2D eigenvalue weighted by Crippen LogP contribution is -2.44. The van der Waals surface area contributed by atoms with Gasteiger partial charge in [-0.25, -0.2) is 0 Å². The number of aryl methyl sites for hydroxylation is 2. The molecule has 0 saturated carbocycles. The summed E-state index contributed by atoms with van der Waals surface area (Å²) in [7, 11) is 0. The van der Waals surface area contributed by atoms with Crippen LogP contribution >= 0.6 is 15.9 Å². The van der Waals surface area contributed by atoms with Crippen molar-refractivity contribution in [1.82, 2.24) is 20.0 Å². The molecule has 5 heteroatoms. The van der Waals surface area contributed by atoms with Gasteiger partial charge in [0.1, 0.15) is 0 Å². The van der Waals surface area contributed by atoms with Gasteiger partial charge in [-0.2, -0.15) is 5.10 Å². The highest BCUT2D eigenvalue weighted by Crippen LogP contribution is 2.28. The van der Waals surface area contributed by atoms with Crippen LogP contribution in [0.3, 0.4) is 0 Å². The summed E-state index contributed by atoms with van der Waals surface area (Å²) in [6.07, 6.45) is 5.44. The minimum absolute atomic E-state index is 0.655. The molecule has 3 rings (SSSR count). The SMILES string of the molecule is CCn1nc(C)c(Br)c1CNC1CCN2CCCCC12. The van der Waals surface area contributed by atoms with Gasteiger partial charge in [-0.15, -0.1) is 0 Å². The second-order valence-corrected chi connectivity index (χ2v) is 6.83. The van der Waals surface area contributed by atoms with Crippen molar-refractivity contribution >= 4 is 15.9 Å². The smallest absolute Gasteiger partial charge is 0.0739 e. The summed E-state index contributed by atoms with van der Waals surface area (Å²) in [5, 5.41) is 8.37. The molecule has 2 aliphatic rings. The number of aromatic nitrogens is 2. The van der Waals surface area contributed by atoms with Crippen LogP contribution in [0.4, 0.5) is 0 Å². The molecule has 2 aliphatic heterocycles. The minimum Gasteiger partial charge on any atom is -0.307 e. The fourth-order valence-corrected chi connectivity index (χ4v) is 4.18. The third-order valence-corrected chi connectivity index (χ3v) is 5.87. The van der Waals surface area contributed by atoms with Crippen molar-refractivity contribution in [3.05, 3.63) is 15.9 Å². The van der Waals surface area contributed by atoms with Crippen LogP contribution in [0.25, 0.3) is 0 Å². The van der Waals surface area contributed by atoms with Gasteiger partial charge in [0.15, 0.2) is 0 Å². The number of rotatable bonds is 4. The minimum atomic E-state index is 0.655. The molecule has 0 amide bonds. The van der Waals surface area contributed by atoms with E-state index in [-0.39, 0.29) is 0 Å². The van der Waals surface area contributed by atoms with Crippen LogP contribution in [0.15, 0.2) is 4.47 Å². The zero-order valence-corrected chi connectivity index (χ0v) is 14.1. The lowest BCUT2D eigenvalue weighted by molar-refractivity contribution is 0.180. The molecule has 1 N–H and O–H groups in total. The van der Waals surface area contributed by atoms with E-state index < -0.39 is 0 Å². The van der Waals surface area contributed by atoms with Gasteiger partial charge in [-0.1, -0.05) is 6.42 Å². The summed E-state index contributed by atoms with van der Waals surface area (Å²) in [4.78, 5) is 2.68. The highest BCUT2D eigenvalue weighted by molar-refractivity contribution is 9.10. The Morgan fingerprint density at radius 2 is 2.15 bits per heavy atom. The maximum Gasteiger partial charge on any atom is 0.0739 e. The number of nitrogens with zero attached hydrogens (tertiary/aromatic N) is 3. The normalized spacial score (nSPS) is 26.9. The van der Waals surface area contributed by atoms with Crippen molar-refractivity contribution in [3.8, 4) is 0 Å². The van der Waals surface area contributed by atoms with Crippen LogP contribution in [0.1, 0.15) is 44.0 Å². The van der Waals surface area contributed by atoms with Gasteiger partial charge in [0, 0.05) is 31.7 Å². The number of hydrogen-bond acceptors (Lipinski definition) is 3. The largest absolute Gasteiger partial charge is 0.307 e. The fourth-order valence-electron chi connectivity index (χ4n) is 3.75. The van der Waals surface area contributed by atoms with E-state index in [1.165, 1.54) is 48.9 Å². The van der Waals surface area contributed by atoms with Crippen LogP contribution in [0, 0.1) is 6.92 Å². The maximum atomic E-state index is 4.57. The van der Waals surface area contributed by atoms with E-state index in [0.29, 0.717) is 6.04 Å². The van der Waals surface area contributed by atoms with Crippen LogP contribution in [0.2, 0.25) is 0 Å². The van der Waals surface area contributed by atoms with Gasteiger partial charge >= 0.3 is 0 Å². The van der Waals surface area contributed by atoms with E-state index in [2.05, 4.69) is 49.8 Å². The Labute approximate surface area is 130 Å². The molecule has 2 saturated heterocycles. The summed E-state index contributed by atoms with van der Waals surface area (Å²) < 4.78 is 3.28. The lowest BCUT2D eigenvalue weighted by Gasteiger charge is -2.32. The zero-order chi connectivity index (χ0) is 14.1. The highest BCUT2D eigenvalue weighted by Gasteiger charge is 2.35. The molecule has 0 aromatic carbocycles. The van der Waals surface area contributed by atoms with E-state index in [0.717, 1.165) is 24.8 Å². The Kier molecular flexibility index (Phi) is 4.48. The Morgan fingerprint density at radius 1 is 1.30 bits per heavy atom. The molecule has 0 radical (unpaired) electrons. The van der Waals surface area contributed by atoms with Gasteiger partial charge in [-0.3, -0.25) is 9.58 Å². The second-order valence-electron chi connectivity index (χ2n) is 6.04. The number of piperidine rings is 1. The Bertz CT molecular complexity index is 471. The Morgan fingerprint density at radius 3 is 2.95 bits per heavy atom. The molecule has 2 atom stereocenters. The van der Waals surface area contributed by atoms with Crippen molar-refractivity contribution in [2.45, 2.75) is 64.7 Å². The van der Waals surface area contributed by atoms with E-state index in [4.69, 9.17) is 0 Å². The number of fused-ring (bicyclic) bond motifs is 1. The monoisotopic (exact) mass is 340 g/mol. The van der Waals surface area contributed by atoms with Gasteiger partial charge < -0.3 is 5.32 Å². The molecule has 2 unspecified atom stereocenters. The van der Waals surface area contributed by atoms with E-state index in [9.17, 15) is 0 Å². The molecule has 0 aliphatic carbocycles. The molecule has 3 heterocycles. The number of hydrogen-bond donors (Lipinski definition) is 1. The van der Waals surface area contributed by atoms with Gasteiger partial charge in [0.2, 0.25) is 0 Å². The second kappa shape index (κ2) is 6.16. The molecular formula is C15H25BrN4. The first kappa shape index (κ1) is 14.5. The molecule has 20 heavy (non-hydrogen) atoms. The number of halogens is 1. The average molecular weight is 341 g/mol. The first-order chi connectivity index (χ1) is 9.70. The van der Waals surface area contributed by atoms with E-state index >= 15 is 0 Å². The predicted octanol–water partition coefficient (Wildman–Crippen LogP) is 2.69. The van der Waals surface area contributed by atoms with E-state index in [1.807, 2.05) is 0 Å². The molecule has 112 valence electrons. The quantitative estimate of drug-likeness (QED) is 0.914. The third-order valence-electron chi connectivity index (χ3n) is 4.84. The summed E-state index contributed by atoms with van der Waals surface area (Å²) >= 11 is 3.69. The summed E-state index contributed by atoms with van der Waals surface area (Å²) in [6, 6.07) is 1.42. The molecule has 1 aromatic heterocycles. The predicted molar refractivity (Wildman–Crippen MR) is 84.8 cm³/mol. The highest BCUT2D eigenvalue weighted by atomic mass is 79.9. The Balaban J connectivity index is 1.65. The molecule has 0 spiro atoms. The summed E-state index contributed by atoms with van der Waals surface area (Å²) in [6.45, 7) is 8.65. The van der Waals surface area contributed by atoms with Crippen LogP contribution in [-0.2, 0) is 13.1 Å².